The number of amides is 1. The van der Waals surface area contributed by atoms with E-state index in [4.69, 9.17) is 19.7 Å². The number of allylic oxidation sites excluding steroid dienone is 10. The van der Waals surface area contributed by atoms with Gasteiger partial charge in [0.1, 0.15) is 0 Å². The van der Waals surface area contributed by atoms with E-state index in [1.54, 1.807) is 0 Å². The van der Waals surface area contributed by atoms with E-state index < -0.39 is 11.9 Å². The van der Waals surface area contributed by atoms with Crippen LogP contribution in [0.3, 0.4) is 0 Å². The molecule has 0 saturated carbocycles. The molecule has 2 atom stereocenters. The number of nitrogens with zero attached hydrogens (tertiary/aromatic N) is 3. The van der Waals surface area contributed by atoms with Crippen LogP contribution in [0.25, 0.3) is 0 Å². The Bertz CT molecular complexity index is 1800. The summed E-state index contributed by atoms with van der Waals surface area (Å²) in [5.74, 6) is -2.39. The van der Waals surface area contributed by atoms with Crippen LogP contribution in [0.5, 0.6) is 0 Å². The average molecular weight is 626 g/mol. The van der Waals surface area contributed by atoms with Gasteiger partial charge in [-0.2, -0.15) is 0 Å². The Labute approximate surface area is 268 Å². The summed E-state index contributed by atoms with van der Waals surface area (Å²) in [6.07, 6.45) is 7.33. The quantitative estimate of drug-likeness (QED) is 0.227. The summed E-state index contributed by atoms with van der Waals surface area (Å²) in [7, 11) is 2.84. The number of fused-ring (bicyclic) bond motifs is 5. The van der Waals surface area contributed by atoms with E-state index >= 15 is 0 Å². The summed E-state index contributed by atoms with van der Waals surface area (Å²) in [6, 6.07) is 0. The van der Waals surface area contributed by atoms with Gasteiger partial charge in [-0.3, -0.25) is 14.4 Å². The first kappa shape index (κ1) is 32.3. The van der Waals surface area contributed by atoms with Crippen LogP contribution >= 0.6 is 0 Å². The van der Waals surface area contributed by atoms with Crippen LogP contribution in [0.2, 0.25) is 0 Å². The van der Waals surface area contributed by atoms with Crippen molar-refractivity contribution >= 4 is 35.0 Å². The van der Waals surface area contributed by atoms with E-state index in [0.717, 1.165) is 28.7 Å². The standard InChI is InChI=1S/C35H39N5O6/c1-8-20-16(2)25-13-29-23(15-41)18(4)24(38-29)12-26-17(3)21(9-10-30(42)43)33(39-26)22(11-31(44)46-7)34-32(35(45)36-6)19(5)27(40-34)14-28(20)37-25/h12-15,17,21,39,41H,8-11H2,1-7H3,(H,36,45)(H,42,43). The van der Waals surface area contributed by atoms with Gasteiger partial charge in [-0.05, 0) is 74.1 Å². The molecular formula is C35H39N5O6. The fourth-order valence-corrected chi connectivity index (χ4v) is 6.58. The Balaban J connectivity index is 1.87. The number of aliphatic imine (C=N–C) groups is 3. The monoisotopic (exact) mass is 625 g/mol. The molecule has 5 aliphatic rings. The molecule has 11 nitrogen and oxygen atoms in total. The van der Waals surface area contributed by atoms with E-state index in [1.807, 2.05) is 52.8 Å². The van der Waals surface area contributed by atoms with Crippen molar-refractivity contribution in [3.05, 3.63) is 92.0 Å². The topological polar surface area (TPSA) is 162 Å². The Hall–Kier alpha value is -5.06. The smallest absolute Gasteiger partial charge is 0.310 e. The summed E-state index contributed by atoms with van der Waals surface area (Å²) < 4.78 is 5.09. The van der Waals surface area contributed by atoms with Crippen LogP contribution in [0.1, 0.15) is 60.3 Å². The summed E-state index contributed by atoms with van der Waals surface area (Å²) >= 11 is 0. The summed E-state index contributed by atoms with van der Waals surface area (Å²) in [6.45, 7) is 9.72. The fraction of sp³-hybridized carbons (Fsp3) is 0.371. The zero-order chi connectivity index (χ0) is 33.4. The van der Waals surface area contributed by atoms with Gasteiger partial charge in [0, 0.05) is 47.8 Å². The van der Waals surface area contributed by atoms with Crippen LogP contribution in [-0.4, -0.2) is 59.4 Å². The molecule has 1 saturated heterocycles. The maximum absolute atomic E-state index is 13.5. The molecule has 46 heavy (non-hydrogen) atoms. The maximum Gasteiger partial charge on any atom is 0.310 e. The predicted octanol–water partition coefficient (Wildman–Crippen LogP) is 5.06. The third kappa shape index (κ3) is 5.61. The Morgan fingerprint density at radius 2 is 1.70 bits per heavy atom. The second-order valence-electron chi connectivity index (χ2n) is 11.8. The highest BCUT2D eigenvalue weighted by Gasteiger charge is 2.39. The highest BCUT2D eigenvalue weighted by molar-refractivity contribution is 6.32. The molecule has 0 aromatic heterocycles. The number of carboxylic acid groups (broad SMARTS) is 1. The first-order valence-electron chi connectivity index (χ1n) is 15.3. The van der Waals surface area contributed by atoms with Crippen molar-refractivity contribution in [3.8, 4) is 0 Å². The predicted molar refractivity (Wildman–Crippen MR) is 176 cm³/mol. The molecule has 0 spiro atoms. The number of hydrogen-bond acceptors (Lipinski definition) is 9. The lowest BCUT2D eigenvalue weighted by Crippen LogP contribution is -2.28. The zero-order valence-corrected chi connectivity index (χ0v) is 27.2. The Morgan fingerprint density at radius 3 is 2.33 bits per heavy atom. The first-order valence-corrected chi connectivity index (χ1v) is 15.3. The SMILES string of the molecule is CCC1=C(C)C2=CC3=NC(=C(C)C3=CO)C=C3NC(=C(CC(=O)OC)C4=NC(=CC1=N2)C(C)=C4C(=O)NC)C(CCC(=O)O)C3C. The van der Waals surface area contributed by atoms with Gasteiger partial charge in [0.25, 0.3) is 5.91 Å². The number of nitrogens with one attached hydrogen (secondary N) is 2. The Kier molecular flexibility index (Phi) is 8.96. The van der Waals surface area contributed by atoms with E-state index in [9.17, 15) is 24.6 Å². The second-order valence-corrected chi connectivity index (χ2v) is 11.8. The molecule has 11 heteroatoms. The van der Waals surface area contributed by atoms with E-state index in [1.165, 1.54) is 14.2 Å². The van der Waals surface area contributed by atoms with Gasteiger partial charge in [-0.1, -0.05) is 13.8 Å². The van der Waals surface area contributed by atoms with Crippen LogP contribution < -0.4 is 10.6 Å². The zero-order valence-electron chi connectivity index (χ0n) is 27.2. The Morgan fingerprint density at radius 1 is 1.00 bits per heavy atom. The molecule has 0 aromatic rings. The fourth-order valence-electron chi connectivity index (χ4n) is 6.58. The minimum Gasteiger partial charge on any atom is -0.515 e. The lowest BCUT2D eigenvalue weighted by molar-refractivity contribution is -0.140. The second kappa shape index (κ2) is 12.7. The molecule has 1 amide bonds. The lowest BCUT2D eigenvalue weighted by atomic mass is 9.84. The molecular weight excluding hydrogens is 586 g/mol. The summed E-state index contributed by atoms with van der Waals surface area (Å²) in [4.78, 5) is 53.0. The average Bonchev–Trinajstić information content (AvgIpc) is 3.71. The highest BCUT2D eigenvalue weighted by atomic mass is 16.5. The van der Waals surface area contributed by atoms with Gasteiger partial charge >= 0.3 is 11.9 Å². The van der Waals surface area contributed by atoms with Gasteiger partial charge < -0.3 is 25.6 Å². The number of methoxy groups -OCH3 is 1. The van der Waals surface area contributed by atoms with Crippen LogP contribution in [0, 0.1) is 11.8 Å². The summed E-state index contributed by atoms with van der Waals surface area (Å²) in [5, 5.41) is 26.1. The van der Waals surface area contributed by atoms with Crippen molar-refractivity contribution in [2.45, 2.75) is 60.3 Å². The molecule has 2 unspecified atom stereocenters. The molecule has 8 bridgehead atoms. The number of aliphatic hydroxyl groups is 1. The van der Waals surface area contributed by atoms with Crippen molar-refractivity contribution in [1.29, 1.82) is 0 Å². The third-order valence-corrected chi connectivity index (χ3v) is 9.27. The number of esters is 1. The molecule has 0 aromatic carbocycles. The van der Waals surface area contributed by atoms with Gasteiger partial charge in [0.2, 0.25) is 0 Å². The lowest BCUT2D eigenvalue weighted by Gasteiger charge is -2.19. The number of carboxylic acids is 1. The number of carbonyl (C=O) groups excluding carboxylic acids is 2. The van der Waals surface area contributed by atoms with Crippen molar-refractivity contribution < 1.29 is 29.3 Å². The number of likely N-dealkylation sites (N-methyl/N-ethyl adjacent to an activating group) is 1. The van der Waals surface area contributed by atoms with E-state index in [0.29, 0.717) is 68.6 Å². The molecule has 5 heterocycles. The van der Waals surface area contributed by atoms with Crippen LogP contribution in [0.15, 0.2) is 107 Å². The normalized spacial score (nSPS) is 23.2. The van der Waals surface area contributed by atoms with Crippen molar-refractivity contribution in [3.63, 3.8) is 0 Å². The molecule has 5 rings (SSSR count). The molecule has 5 aliphatic heterocycles. The number of hydrogen-bond donors (Lipinski definition) is 4. The maximum atomic E-state index is 13.5. The first-order chi connectivity index (χ1) is 21.9. The number of rotatable bonds is 7. The molecule has 1 fully saturated rings. The van der Waals surface area contributed by atoms with Crippen molar-refractivity contribution in [2.75, 3.05) is 14.2 Å². The molecule has 0 radical (unpaired) electrons. The van der Waals surface area contributed by atoms with Crippen molar-refractivity contribution in [1.82, 2.24) is 10.6 Å². The van der Waals surface area contributed by atoms with Crippen LogP contribution in [-0.2, 0) is 19.1 Å². The largest absolute Gasteiger partial charge is 0.515 e. The van der Waals surface area contributed by atoms with Crippen LogP contribution in [0.4, 0.5) is 0 Å². The molecule has 0 aliphatic carbocycles. The van der Waals surface area contributed by atoms with Gasteiger partial charge in [0.05, 0.1) is 59.6 Å². The van der Waals surface area contributed by atoms with E-state index in [2.05, 4.69) is 10.6 Å². The minimum absolute atomic E-state index is 0.103. The highest BCUT2D eigenvalue weighted by Crippen LogP contribution is 2.43. The van der Waals surface area contributed by atoms with E-state index in [-0.39, 0.29) is 37.0 Å². The van der Waals surface area contributed by atoms with Gasteiger partial charge in [-0.25, -0.2) is 15.0 Å². The van der Waals surface area contributed by atoms with Crippen molar-refractivity contribution in [2.24, 2.45) is 26.8 Å². The number of aliphatic hydroxyl groups excluding tert-OH is 1. The molecule has 4 N–H and O–H groups in total. The number of aliphatic carboxylic acids is 1. The van der Waals surface area contributed by atoms with Gasteiger partial charge in [-0.15, -0.1) is 0 Å². The summed E-state index contributed by atoms with van der Waals surface area (Å²) in [5.41, 5.74) is 9.54. The number of carbonyl (C=O) groups is 3. The number of ether oxygens (including phenoxy) is 1. The third-order valence-electron chi connectivity index (χ3n) is 9.27. The minimum atomic E-state index is -0.942. The molecule has 240 valence electrons. The van der Waals surface area contributed by atoms with Gasteiger partial charge in [0.15, 0.2) is 0 Å².